The Morgan fingerprint density at radius 1 is 1.00 bits per heavy atom. The number of anilines is 1. The highest BCUT2D eigenvalue weighted by Crippen LogP contribution is 2.18. The van der Waals surface area contributed by atoms with E-state index in [9.17, 15) is 4.79 Å². The van der Waals surface area contributed by atoms with Crippen LogP contribution in [0.5, 0.6) is 0 Å². The fourth-order valence-electron chi connectivity index (χ4n) is 2.32. The van der Waals surface area contributed by atoms with Gasteiger partial charge in [-0.15, -0.1) is 0 Å². The van der Waals surface area contributed by atoms with Crippen LogP contribution in [0.2, 0.25) is 0 Å². The van der Waals surface area contributed by atoms with Gasteiger partial charge in [0.25, 0.3) is 5.56 Å². The van der Waals surface area contributed by atoms with E-state index in [1.807, 2.05) is 26.0 Å². The number of benzene rings is 1. The van der Waals surface area contributed by atoms with Crippen LogP contribution in [-0.4, -0.2) is 19.5 Å². The summed E-state index contributed by atoms with van der Waals surface area (Å²) in [6, 6.07) is 9.74. The van der Waals surface area contributed by atoms with Crippen molar-refractivity contribution >= 4 is 5.95 Å². The van der Waals surface area contributed by atoms with E-state index in [1.54, 1.807) is 19.4 Å². The third kappa shape index (κ3) is 4.73. The minimum absolute atomic E-state index is 0.132. The summed E-state index contributed by atoms with van der Waals surface area (Å²) in [5.41, 5.74) is 9.53. The van der Waals surface area contributed by atoms with Crippen LogP contribution in [0.4, 0.5) is 5.95 Å². The molecule has 0 aliphatic rings. The summed E-state index contributed by atoms with van der Waals surface area (Å²) in [6.45, 7) is 4.00. The zero-order valence-electron chi connectivity index (χ0n) is 14.8. The topological polar surface area (TPSA) is 86.7 Å². The normalized spacial score (nSPS) is 10.0. The Morgan fingerprint density at radius 3 is 2.24 bits per heavy atom. The lowest BCUT2D eigenvalue weighted by Gasteiger charge is -2.06. The van der Waals surface area contributed by atoms with E-state index in [2.05, 4.69) is 27.1 Å². The Labute approximate surface area is 147 Å². The number of aryl methyl sites for hydroxylation is 2. The molecule has 0 radical (unpaired) electrons. The molecule has 6 heteroatoms. The average Bonchev–Trinajstić information content (AvgIpc) is 2.67. The maximum atomic E-state index is 11.7. The molecule has 0 amide bonds. The molecule has 0 aliphatic heterocycles. The van der Waals surface area contributed by atoms with Crippen molar-refractivity contribution in [3.05, 3.63) is 70.7 Å². The molecule has 1 aromatic carbocycles. The van der Waals surface area contributed by atoms with Crippen LogP contribution < -0.4 is 11.3 Å². The molecule has 2 aromatic heterocycles. The molecule has 0 saturated heterocycles. The third-order valence-corrected chi connectivity index (χ3v) is 3.74. The Balaban J connectivity index is 0.00000109. The third-order valence-electron chi connectivity index (χ3n) is 3.74. The fraction of sp³-hybridized carbons (Fsp3) is 0.263. The first-order valence-corrected chi connectivity index (χ1v) is 8.30. The van der Waals surface area contributed by atoms with Gasteiger partial charge in [0, 0.05) is 31.1 Å². The molecule has 0 atom stereocenters. The predicted octanol–water partition coefficient (Wildman–Crippen LogP) is 2.63. The van der Waals surface area contributed by atoms with E-state index in [-0.39, 0.29) is 11.5 Å². The van der Waals surface area contributed by atoms with Crippen molar-refractivity contribution < 1.29 is 0 Å². The van der Waals surface area contributed by atoms with E-state index in [1.165, 1.54) is 22.5 Å². The summed E-state index contributed by atoms with van der Waals surface area (Å²) >= 11 is 0. The zero-order chi connectivity index (χ0) is 18.2. The molecular formula is C19H23N5O. The summed E-state index contributed by atoms with van der Waals surface area (Å²) in [4.78, 5) is 24.0. The van der Waals surface area contributed by atoms with E-state index in [4.69, 9.17) is 5.73 Å². The molecule has 130 valence electrons. The van der Waals surface area contributed by atoms with Gasteiger partial charge in [0.2, 0.25) is 5.95 Å². The minimum atomic E-state index is -0.132. The lowest BCUT2D eigenvalue weighted by Crippen LogP contribution is -2.21. The molecule has 0 spiro atoms. The number of nitrogens with two attached hydrogens (primary N) is 1. The molecule has 0 saturated carbocycles. The van der Waals surface area contributed by atoms with Gasteiger partial charge >= 0.3 is 0 Å². The lowest BCUT2D eigenvalue weighted by atomic mass is 10.0. The van der Waals surface area contributed by atoms with Crippen LogP contribution in [0.3, 0.4) is 0 Å². The maximum absolute atomic E-state index is 11.7. The Kier molecular flexibility index (Phi) is 6.39. The number of nitrogens with zero attached hydrogens (tertiary/aromatic N) is 4. The summed E-state index contributed by atoms with van der Waals surface area (Å²) in [5.74, 6) is 0.243. The van der Waals surface area contributed by atoms with Gasteiger partial charge < -0.3 is 5.73 Å². The van der Waals surface area contributed by atoms with Crippen molar-refractivity contribution in [2.24, 2.45) is 7.05 Å². The highest BCUT2D eigenvalue weighted by molar-refractivity contribution is 5.61. The smallest absolute Gasteiger partial charge is 0.254 e. The SMILES string of the molecule is CC.Cn1c(N)nc(CCc2ccc(-c3cncnc3)cc2)cc1=O. The first-order valence-electron chi connectivity index (χ1n) is 8.30. The maximum Gasteiger partial charge on any atom is 0.254 e. The molecule has 0 aliphatic carbocycles. The quantitative estimate of drug-likeness (QED) is 0.791. The minimum Gasteiger partial charge on any atom is -0.369 e. The Morgan fingerprint density at radius 2 is 1.64 bits per heavy atom. The number of aromatic nitrogens is 4. The van der Waals surface area contributed by atoms with Crippen LogP contribution in [0.25, 0.3) is 11.1 Å². The van der Waals surface area contributed by atoms with Gasteiger partial charge in [0.05, 0.1) is 5.69 Å². The molecule has 2 N–H and O–H groups in total. The van der Waals surface area contributed by atoms with E-state index < -0.39 is 0 Å². The molecule has 0 unspecified atom stereocenters. The molecular weight excluding hydrogens is 314 g/mol. The lowest BCUT2D eigenvalue weighted by molar-refractivity contribution is 0.806. The van der Waals surface area contributed by atoms with Crippen molar-refractivity contribution in [2.45, 2.75) is 26.7 Å². The second-order valence-electron chi connectivity index (χ2n) is 5.33. The first-order chi connectivity index (χ1) is 12.1. The molecule has 6 nitrogen and oxygen atoms in total. The molecule has 0 fully saturated rings. The van der Waals surface area contributed by atoms with Gasteiger partial charge in [-0.25, -0.2) is 15.0 Å². The van der Waals surface area contributed by atoms with Crippen LogP contribution in [-0.2, 0) is 19.9 Å². The molecule has 2 heterocycles. The van der Waals surface area contributed by atoms with Crippen LogP contribution in [0, 0.1) is 0 Å². The van der Waals surface area contributed by atoms with Crippen molar-refractivity contribution in [1.29, 1.82) is 0 Å². The Bertz CT molecular complexity index is 857. The van der Waals surface area contributed by atoms with Gasteiger partial charge in [0.1, 0.15) is 6.33 Å². The highest BCUT2D eigenvalue weighted by atomic mass is 16.1. The molecule has 3 aromatic rings. The largest absolute Gasteiger partial charge is 0.369 e. The van der Waals surface area contributed by atoms with E-state index in [0.29, 0.717) is 12.1 Å². The second kappa shape index (κ2) is 8.73. The van der Waals surface area contributed by atoms with Gasteiger partial charge in [-0.2, -0.15) is 0 Å². The first kappa shape index (κ1) is 18.3. The summed E-state index contributed by atoms with van der Waals surface area (Å²) in [7, 11) is 1.61. The van der Waals surface area contributed by atoms with Crippen LogP contribution >= 0.6 is 0 Å². The van der Waals surface area contributed by atoms with Crippen LogP contribution in [0.15, 0.2) is 53.8 Å². The highest BCUT2D eigenvalue weighted by Gasteiger charge is 2.04. The van der Waals surface area contributed by atoms with Gasteiger partial charge in [0.15, 0.2) is 0 Å². The van der Waals surface area contributed by atoms with Crippen molar-refractivity contribution in [3.63, 3.8) is 0 Å². The van der Waals surface area contributed by atoms with Crippen molar-refractivity contribution in [1.82, 2.24) is 19.5 Å². The summed E-state index contributed by atoms with van der Waals surface area (Å²) in [6.07, 6.45) is 6.56. The summed E-state index contributed by atoms with van der Waals surface area (Å²) < 4.78 is 1.33. The van der Waals surface area contributed by atoms with Crippen molar-refractivity contribution in [3.8, 4) is 11.1 Å². The number of hydrogen-bond donors (Lipinski definition) is 1. The number of rotatable bonds is 4. The van der Waals surface area contributed by atoms with E-state index in [0.717, 1.165) is 17.5 Å². The average molecular weight is 337 g/mol. The Hall–Kier alpha value is -3.02. The predicted molar refractivity (Wildman–Crippen MR) is 100 cm³/mol. The van der Waals surface area contributed by atoms with Gasteiger partial charge in [-0.1, -0.05) is 38.1 Å². The van der Waals surface area contributed by atoms with E-state index >= 15 is 0 Å². The van der Waals surface area contributed by atoms with Gasteiger partial charge in [-0.3, -0.25) is 9.36 Å². The number of nitrogen functional groups attached to an aromatic ring is 1. The molecule has 0 bridgehead atoms. The molecule has 3 rings (SSSR count). The standard InChI is InChI=1S/C17H17N5O.C2H6/c1-22-16(23)8-15(21-17(22)18)7-4-12-2-5-13(6-3-12)14-9-19-11-20-10-14;1-2/h2-3,5-6,8-11H,4,7H2,1H3,(H2,18,21);1-2H3. The monoisotopic (exact) mass is 337 g/mol. The van der Waals surface area contributed by atoms with Crippen molar-refractivity contribution in [2.75, 3.05) is 5.73 Å². The summed E-state index contributed by atoms with van der Waals surface area (Å²) in [5, 5.41) is 0. The molecule has 25 heavy (non-hydrogen) atoms. The fourth-order valence-corrected chi connectivity index (χ4v) is 2.32. The van der Waals surface area contributed by atoms with Gasteiger partial charge in [-0.05, 0) is 24.0 Å². The second-order valence-corrected chi connectivity index (χ2v) is 5.33. The zero-order valence-corrected chi connectivity index (χ0v) is 14.8. The van der Waals surface area contributed by atoms with Crippen LogP contribution in [0.1, 0.15) is 25.1 Å². The number of hydrogen-bond acceptors (Lipinski definition) is 5.